The standard InChI is InChI=1S/C14H25BrN4/c1-11(9-16-12-4-5-12)8-14-13(15)10-17-19(14)7-6-18(2)3/h10-12,16H,4-9H2,1-3H3. The normalized spacial score (nSPS) is 17.1. The van der Waals surface area contributed by atoms with Crippen molar-refractivity contribution in [1.82, 2.24) is 20.0 Å². The van der Waals surface area contributed by atoms with Gasteiger partial charge in [-0.15, -0.1) is 0 Å². The first-order valence-electron chi connectivity index (χ1n) is 7.14. The fourth-order valence-corrected chi connectivity index (χ4v) is 2.59. The first-order valence-corrected chi connectivity index (χ1v) is 7.94. The van der Waals surface area contributed by atoms with Crippen molar-refractivity contribution in [2.24, 2.45) is 5.92 Å². The summed E-state index contributed by atoms with van der Waals surface area (Å²) >= 11 is 3.63. The molecule has 2 rings (SSSR count). The van der Waals surface area contributed by atoms with Crippen LogP contribution in [0.5, 0.6) is 0 Å². The Kier molecular flexibility index (Phi) is 5.42. The maximum Gasteiger partial charge on any atom is 0.0635 e. The number of nitrogens with zero attached hydrogens (tertiary/aromatic N) is 3. The van der Waals surface area contributed by atoms with E-state index in [4.69, 9.17) is 0 Å². The average Bonchev–Trinajstić information content (AvgIpc) is 3.12. The highest BCUT2D eigenvalue weighted by Crippen LogP contribution is 2.21. The molecule has 0 aliphatic heterocycles. The second-order valence-corrected chi connectivity index (χ2v) is 6.81. The van der Waals surface area contributed by atoms with Crippen molar-refractivity contribution in [1.29, 1.82) is 0 Å². The van der Waals surface area contributed by atoms with Crippen molar-refractivity contribution in [2.75, 3.05) is 27.2 Å². The molecule has 1 aromatic rings. The Balaban J connectivity index is 1.87. The van der Waals surface area contributed by atoms with Gasteiger partial charge in [-0.05, 0) is 61.8 Å². The van der Waals surface area contributed by atoms with Crippen LogP contribution in [-0.2, 0) is 13.0 Å². The topological polar surface area (TPSA) is 33.1 Å². The van der Waals surface area contributed by atoms with E-state index in [-0.39, 0.29) is 0 Å². The second-order valence-electron chi connectivity index (χ2n) is 5.96. The summed E-state index contributed by atoms with van der Waals surface area (Å²) in [6.45, 7) is 5.40. The van der Waals surface area contributed by atoms with Crippen molar-refractivity contribution in [3.8, 4) is 0 Å². The van der Waals surface area contributed by atoms with Crippen LogP contribution in [0.1, 0.15) is 25.5 Å². The molecule has 108 valence electrons. The van der Waals surface area contributed by atoms with Gasteiger partial charge in [-0.25, -0.2) is 0 Å². The Morgan fingerprint density at radius 1 is 1.53 bits per heavy atom. The molecule has 1 aliphatic carbocycles. The molecule has 0 aromatic carbocycles. The minimum Gasteiger partial charge on any atom is -0.314 e. The molecule has 0 radical (unpaired) electrons. The molecule has 1 unspecified atom stereocenters. The number of halogens is 1. The van der Waals surface area contributed by atoms with Gasteiger partial charge >= 0.3 is 0 Å². The summed E-state index contributed by atoms with van der Waals surface area (Å²) in [4.78, 5) is 2.19. The summed E-state index contributed by atoms with van der Waals surface area (Å²) in [5.74, 6) is 0.645. The van der Waals surface area contributed by atoms with Crippen LogP contribution in [0.25, 0.3) is 0 Å². The third kappa shape index (κ3) is 4.89. The summed E-state index contributed by atoms with van der Waals surface area (Å²) in [6, 6.07) is 0.796. The Morgan fingerprint density at radius 3 is 2.89 bits per heavy atom. The molecule has 4 nitrogen and oxygen atoms in total. The van der Waals surface area contributed by atoms with Crippen molar-refractivity contribution < 1.29 is 0 Å². The molecule has 1 saturated carbocycles. The monoisotopic (exact) mass is 328 g/mol. The minimum atomic E-state index is 0.645. The molecule has 19 heavy (non-hydrogen) atoms. The van der Waals surface area contributed by atoms with Crippen LogP contribution >= 0.6 is 15.9 Å². The maximum atomic E-state index is 4.47. The molecule has 0 amide bonds. The smallest absolute Gasteiger partial charge is 0.0635 e. The molecule has 1 aromatic heterocycles. The number of rotatable bonds is 8. The van der Waals surface area contributed by atoms with E-state index in [0.717, 1.165) is 36.6 Å². The van der Waals surface area contributed by atoms with Gasteiger partial charge in [0.05, 0.1) is 22.9 Å². The molecule has 0 saturated heterocycles. The lowest BCUT2D eigenvalue weighted by Gasteiger charge is -2.16. The van der Waals surface area contributed by atoms with E-state index in [1.54, 1.807) is 0 Å². The highest BCUT2D eigenvalue weighted by atomic mass is 79.9. The highest BCUT2D eigenvalue weighted by molar-refractivity contribution is 9.10. The van der Waals surface area contributed by atoms with E-state index >= 15 is 0 Å². The number of nitrogens with one attached hydrogen (secondary N) is 1. The van der Waals surface area contributed by atoms with Gasteiger partial charge in [0, 0.05) is 12.6 Å². The highest BCUT2D eigenvalue weighted by Gasteiger charge is 2.21. The molecule has 1 fully saturated rings. The summed E-state index contributed by atoms with van der Waals surface area (Å²) in [5, 5.41) is 8.08. The molecule has 1 aliphatic rings. The quantitative estimate of drug-likeness (QED) is 0.793. The Labute approximate surface area is 124 Å². The summed E-state index contributed by atoms with van der Waals surface area (Å²) in [6.07, 6.45) is 5.72. The van der Waals surface area contributed by atoms with Gasteiger partial charge in [0.2, 0.25) is 0 Å². The predicted octanol–water partition coefficient (Wildman–Crippen LogP) is 2.14. The van der Waals surface area contributed by atoms with Crippen molar-refractivity contribution in [3.05, 3.63) is 16.4 Å². The molecule has 1 N–H and O–H groups in total. The van der Waals surface area contributed by atoms with Crippen LogP contribution in [0.2, 0.25) is 0 Å². The van der Waals surface area contributed by atoms with Crippen LogP contribution < -0.4 is 5.32 Å². The number of hydrogen-bond donors (Lipinski definition) is 1. The van der Waals surface area contributed by atoms with E-state index in [9.17, 15) is 0 Å². The Hall–Kier alpha value is -0.390. The third-order valence-electron chi connectivity index (χ3n) is 3.53. The molecular formula is C14H25BrN4. The molecule has 0 bridgehead atoms. The zero-order valence-corrected chi connectivity index (χ0v) is 13.8. The SMILES string of the molecule is CC(CNC1CC1)Cc1c(Br)cnn1CCN(C)C. The molecule has 1 atom stereocenters. The summed E-state index contributed by atoms with van der Waals surface area (Å²) in [5.41, 5.74) is 1.33. The number of hydrogen-bond acceptors (Lipinski definition) is 3. The maximum absolute atomic E-state index is 4.47. The zero-order chi connectivity index (χ0) is 13.8. The molecule has 5 heteroatoms. The lowest BCUT2D eigenvalue weighted by Crippen LogP contribution is -2.26. The summed E-state index contributed by atoms with van der Waals surface area (Å²) < 4.78 is 3.28. The first kappa shape index (κ1) is 15.0. The van der Waals surface area contributed by atoms with Gasteiger partial charge in [-0.2, -0.15) is 5.10 Å². The van der Waals surface area contributed by atoms with Crippen LogP contribution in [0.4, 0.5) is 0 Å². The lowest BCUT2D eigenvalue weighted by molar-refractivity contribution is 0.366. The van der Waals surface area contributed by atoms with Crippen molar-refractivity contribution in [2.45, 2.75) is 38.8 Å². The first-order chi connectivity index (χ1) is 9.06. The molecule has 1 heterocycles. The van der Waals surface area contributed by atoms with E-state index in [1.165, 1.54) is 18.5 Å². The fraction of sp³-hybridized carbons (Fsp3) is 0.786. The fourth-order valence-electron chi connectivity index (χ4n) is 2.14. The van der Waals surface area contributed by atoms with Gasteiger partial charge < -0.3 is 10.2 Å². The van der Waals surface area contributed by atoms with Gasteiger partial charge in [0.15, 0.2) is 0 Å². The van der Waals surface area contributed by atoms with Gasteiger partial charge in [-0.3, -0.25) is 4.68 Å². The Bertz CT molecular complexity index is 398. The zero-order valence-electron chi connectivity index (χ0n) is 12.2. The minimum absolute atomic E-state index is 0.645. The van der Waals surface area contributed by atoms with Crippen LogP contribution in [-0.4, -0.2) is 47.9 Å². The second kappa shape index (κ2) is 6.86. The average molecular weight is 329 g/mol. The molecular weight excluding hydrogens is 304 g/mol. The van der Waals surface area contributed by atoms with Crippen LogP contribution in [0, 0.1) is 5.92 Å². The largest absolute Gasteiger partial charge is 0.314 e. The van der Waals surface area contributed by atoms with Crippen molar-refractivity contribution in [3.63, 3.8) is 0 Å². The van der Waals surface area contributed by atoms with Crippen molar-refractivity contribution >= 4 is 15.9 Å². The van der Waals surface area contributed by atoms with E-state index in [1.807, 2.05) is 6.20 Å². The predicted molar refractivity (Wildman–Crippen MR) is 82.4 cm³/mol. The Morgan fingerprint density at radius 2 is 2.26 bits per heavy atom. The van der Waals surface area contributed by atoms with E-state index in [0.29, 0.717) is 5.92 Å². The number of likely N-dealkylation sites (N-methyl/N-ethyl adjacent to an activating group) is 1. The molecule has 0 spiro atoms. The lowest BCUT2D eigenvalue weighted by atomic mass is 10.1. The van der Waals surface area contributed by atoms with Gasteiger partial charge in [-0.1, -0.05) is 6.92 Å². The summed E-state index contributed by atoms with van der Waals surface area (Å²) in [7, 11) is 4.20. The number of aromatic nitrogens is 2. The van der Waals surface area contributed by atoms with Gasteiger partial charge in [0.1, 0.15) is 0 Å². The van der Waals surface area contributed by atoms with Gasteiger partial charge in [0.25, 0.3) is 0 Å². The third-order valence-corrected chi connectivity index (χ3v) is 4.19. The van der Waals surface area contributed by atoms with Crippen LogP contribution in [0.3, 0.4) is 0 Å². The van der Waals surface area contributed by atoms with Crippen LogP contribution in [0.15, 0.2) is 10.7 Å². The van der Waals surface area contributed by atoms with E-state index in [2.05, 4.69) is 56.9 Å². The van der Waals surface area contributed by atoms with E-state index < -0.39 is 0 Å².